The zero-order valence-electron chi connectivity index (χ0n) is 12.7. The van der Waals surface area contributed by atoms with E-state index in [9.17, 15) is 25.0 Å². The molecule has 2 unspecified atom stereocenters. The lowest BCUT2D eigenvalue weighted by molar-refractivity contribution is -0.195. The molecule has 0 bridgehead atoms. The highest BCUT2D eigenvalue weighted by Gasteiger charge is 2.46. The van der Waals surface area contributed by atoms with Crippen molar-refractivity contribution in [3.8, 4) is 5.75 Å². The van der Waals surface area contributed by atoms with Crippen molar-refractivity contribution in [2.75, 3.05) is 0 Å². The van der Waals surface area contributed by atoms with Gasteiger partial charge in [0.15, 0.2) is 5.79 Å². The van der Waals surface area contributed by atoms with E-state index in [1.165, 1.54) is 49.4 Å². The van der Waals surface area contributed by atoms with Gasteiger partial charge in [0.25, 0.3) is 0 Å². The van der Waals surface area contributed by atoms with Crippen molar-refractivity contribution in [2.45, 2.75) is 18.6 Å². The predicted octanol–water partition coefficient (Wildman–Crippen LogP) is 1.34. The van der Waals surface area contributed by atoms with Crippen LogP contribution in [0.2, 0.25) is 0 Å². The van der Waals surface area contributed by atoms with Gasteiger partial charge in [0, 0.05) is 5.92 Å². The maximum absolute atomic E-state index is 11.1. The van der Waals surface area contributed by atoms with Crippen LogP contribution in [0.25, 0.3) is 0 Å². The van der Waals surface area contributed by atoms with E-state index in [2.05, 4.69) is 4.76 Å². The lowest BCUT2D eigenvalue weighted by atomic mass is 9.78. The molecule has 1 aromatic rings. The molecule has 2 atom stereocenters. The minimum Gasteiger partial charge on any atom is -0.511 e. The van der Waals surface area contributed by atoms with E-state index in [-0.39, 0.29) is 11.5 Å². The van der Waals surface area contributed by atoms with E-state index in [0.29, 0.717) is 5.56 Å². The predicted molar refractivity (Wildman–Crippen MR) is 86.5 cm³/mol. The highest BCUT2D eigenvalue weighted by Crippen LogP contribution is 2.42. The molecule has 1 aromatic carbocycles. The van der Waals surface area contributed by atoms with Crippen LogP contribution in [0.4, 0.5) is 0 Å². The fourth-order valence-electron chi connectivity index (χ4n) is 2.52. The number of aliphatic hydroxyl groups is 3. The highest BCUT2D eigenvalue weighted by molar-refractivity contribution is 7.50. The molecular formula is C15H18NO7P. The van der Waals surface area contributed by atoms with Crippen LogP contribution >= 0.6 is 7.75 Å². The Balaban J connectivity index is 2.46. The Morgan fingerprint density at radius 3 is 2.29 bits per heavy atom. The van der Waals surface area contributed by atoms with Gasteiger partial charge >= 0.3 is 7.75 Å². The molecule has 0 aromatic heterocycles. The lowest BCUT2D eigenvalue weighted by Gasteiger charge is -2.37. The number of nitrogens with zero attached hydrogens (tertiary/aromatic N) is 1. The SMILES string of the molecule is CC(c1ccc(O)cc1)C(O)(O)C1C(O)=CC=CC1=NP(=O)(O)O. The molecule has 0 radical (unpaired) electrons. The molecule has 0 fully saturated rings. The zero-order valence-corrected chi connectivity index (χ0v) is 13.6. The van der Waals surface area contributed by atoms with Gasteiger partial charge in [0.1, 0.15) is 17.4 Å². The van der Waals surface area contributed by atoms with Crippen molar-refractivity contribution in [1.82, 2.24) is 0 Å². The Hall–Kier alpha value is -1.96. The second kappa shape index (κ2) is 6.51. The van der Waals surface area contributed by atoms with E-state index >= 15 is 0 Å². The molecule has 0 spiro atoms. The maximum atomic E-state index is 11.1. The molecule has 1 aliphatic carbocycles. The summed E-state index contributed by atoms with van der Waals surface area (Å²) >= 11 is 0. The van der Waals surface area contributed by atoms with Crippen LogP contribution in [0.3, 0.4) is 0 Å². The molecule has 0 saturated heterocycles. The summed E-state index contributed by atoms with van der Waals surface area (Å²) in [6.45, 7) is 1.47. The molecule has 9 heteroatoms. The first kappa shape index (κ1) is 18.4. The first-order valence-corrected chi connectivity index (χ1v) is 8.55. The summed E-state index contributed by atoms with van der Waals surface area (Å²) in [5, 5.41) is 40.5. The van der Waals surface area contributed by atoms with Gasteiger partial charge in [-0.05, 0) is 29.8 Å². The van der Waals surface area contributed by atoms with E-state index in [1.807, 2.05) is 0 Å². The van der Waals surface area contributed by atoms with Crippen molar-refractivity contribution >= 4 is 13.5 Å². The molecule has 6 N–H and O–H groups in total. The molecule has 8 nitrogen and oxygen atoms in total. The van der Waals surface area contributed by atoms with Gasteiger partial charge < -0.3 is 30.2 Å². The van der Waals surface area contributed by atoms with Gasteiger partial charge in [-0.3, -0.25) is 0 Å². The van der Waals surface area contributed by atoms with Crippen molar-refractivity contribution in [1.29, 1.82) is 0 Å². The smallest absolute Gasteiger partial charge is 0.448 e. The van der Waals surface area contributed by atoms with Gasteiger partial charge in [-0.1, -0.05) is 25.1 Å². The molecule has 0 saturated carbocycles. The van der Waals surface area contributed by atoms with Crippen LogP contribution < -0.4 is 0 Å². The first-order chi connectivity index (χ1) is 11.0. The second-order valence-electron chi connectivity index (χ2n) is 5.52. The van der Waals surface area contributed by atoms with Crippen molar-refractivity contribution < 1.29 is 34.8 Å². The Morgan fingerprint density at radius 2 is 1.75 bits per heavy atom. The third-order valence-corrected chi connectivity index (χ3v) is 4.32. The van der Waals surface area contributed by atoms with E-state index in [1.54, 1.807) is 0 Å². The zero-order chi connectivity index (χ0) is 18.1. The normalized spacial score (nSPS) is 21.6. The summed E-state index contributed by atoms with van der Waals surface area (Å²) in [5.41, 5.74) is 0.0923. The molecule has 24 heavy (non-hydrogen) atoms. The highest BCUT2D eigenvalue weighted by atomic mass is 31.2. The summed E-state index contributed by atoms with van der Waals surface area (Å²) in [5.74, 6) is -5.58. The summed E-state index contributed by atoms with van der Waals surface area (Å²) in [7, 11) is -4.83. The van der Waals surface area contributed by atoms with Crippen molar-refractivity contribution in [3.63, 3.8) is 0 Å². The van der Waals surface area contributed by atoms with Crippen molar-refractivity contribution in [3.05, 3.63) is 53.8 Å². The average Bonchev–Trinajstić information content (AvgIpc) is 2.45. The molecule has 0 amide bonds. The van der Waals surface area contributed by atoms with Crippen LogP contribution in [-0.2, 0) is 4.57 Å². The van der Waals surface area contributed by atoms with E-state index in [4.69, 9.17) is 9.79 Å². The third kappa shape index (κ3) is 3.92. The summed E-state index contributed by atoms with van der Waals surface area (Å²) < 4.78 is 14.3. The van der Waals surface area contributed by atoms with Gasteiger partial charge in [0.05, 0.1) is 5.71 Å². The van der Waals surface area contributed by atoms with E-state index in [0.717, 1.165) is 0 Å². The van der Waals surface area contributed by atoms with Gasteiger partial charge in [-0.25, -0.2) is 4.57 Å². The summed E-state index contributed by atoms with van der Waals surface area (Å²) in [6.07, 6.45) is 3.67. The Bertz CT molecular complexity index is 746. The van der Waals surface area contributed by atoms with E-state index < -0.39 is 31.1 Å². The largest absolute Gasteiger partial charge is 0.511 e. The van der Waals surface area contributed by atoms with Crippen LogP contribution in [0, 0.1) is 5.92 Å². The maximum Gasteiger partial charge on any atom is 0.448 e. The molecule has 0 heterocycles. The Kier molecular flexibility index (Phi) is 4.98. The van der Waals surface area contributed by atoms with Gasteiger partial charge in [-0.2, -0.15) is 4.76 Å². The summed E-state index contributed by atoms with van der Waals surface area (Å²) in [6, 6.07) is 5.67. The minimum atomic E-state index is -4.83. The fraction of sp³-hybridized carbons (Fsp3) is 0.267. The monoisotopic (exact) mass is 355 g/mol. The molecule has 1 aliphatic rings. The van der Waals surface area contributed by atoms with Crippen LogP contribution in [0.1, 0.15) is 18.4 Å². The number of hydrogen-bond acceptors (Lipinski definition) is 5. The van der Waals surface area contributed by atoms with Crippen molar-refractivity contribution in [2.24, 2.45) is 10.7 Å². The summed E-state index contributed by atoms with van der Waals surface area (Å²) in [4.78, 5) is 18.0. The van der Waals surface area contributed by atoms with Gasteiger partial charge in [0.2, 0.25) is 0 Å². The second-order valence-corrected chi connectivity index (χ2v) is 6.74. The first-order valence-electron chi connectivity index (χ1n) is 6.99. The minimum absolute atomic E-state index is 0.000441. The number of aliphatic hydroxyl groups excluding tert-OH is 1. The standard InChI is InChI=1S/C15H18NO7P/c1-9(10-5-7-11(17)8-6-10)15(19,20)14-12(16-24(21,22)23)3-2-4-13(14)18/h2-9,14,17-20H,1H3,(H2,21,22,23). The van der Waals surface area contributed by atoms with Crippen LogP contribution in [0.5, 0.6) is 5.75 Å². The Morgan fingerprint density at radius 1 is 1.17 bits per heavy atom. The number of rotatable bonds is 4. The van der Waals surface area contributed by atoms with Gasteiger partial charge in [-0.15, -0.1) is 0 Å². The quantitative estimate of drug-likeness (QED) is 0.352. The number of phenols is 1. The number of phenolic OH excluding ortho intramolecular Hbond substituents is 1. The molecule has 0 aliphatic heterocycles. The molecular weight excluding hydrogens is 337 g/mol. The number of hydrogen-bond donors (Lipinski definition) is 6. The molecule has 2 rings (SSSR count). The number of allylic oxidation sites excluding steroid dienone is 3. The van der Waals surface area contributed by atoms with Crippen LogP contribution in [0.15, 0.2) is 53.0 Å². The number of benzene rings is 1. The fourth-order valence-corrected chi connectivity index (χ4v) is 3.01. The third-order valence-electron chi connectivity index (χ3n) is 3.83. The lowest BCUT2D eigenvalue weighted by Crippen LogP contribution is -2.47. The average molecular weight is 355 g/mol. The Labute approximate surface area is 138 Å². The topological polar surface area (TPSA) is 151 Å². The molecule has 130 valence electrons. The number of aromatic hydroxyl groups is 1. The van der Waals surface area contributed by atoms with Crippen LogP contribution in [-0.4, -0.2) is 41.7 Å².